The van der Waals surface area contributed by atoms with Gasteiger partial charge in [-0.15, -0.1) is 0 Å². The van der Waals surface area contributed by atoms with Crippen LogP contribution >= 0.6 is 0 Å². The van der Waals surface area contributed by atoms with Crippen molar-refractivity contribution >= 4 is 0 Å². The molecule has 1 unspecified atom stereocenters. The quantitative estimate of drug-likeness (QED) is 0.897. The lowest BCUT2D eigenvalue weighted by atomic mass is 9.95. The third kappa shape index (κ3) is 2.62. The maximum atomic E-state index is 6.31. The highest BCUT2D eigenvalue weighted by atomic mass is 15.3. The average molecular weight is 243 g/mol. The molecule has 0 bridgehead atoms. The van der Waals surface area contributed by atoms with Crippen molar-refractivity contribution in [2.75, 3.05) is 0 Å². The molecule has 0 saturated carbocycles. The SMILES string of the molecule is CCn1cc(CC(N)c2cccc(C)c2C)cn1. The summed E-state index contributed by atoms with van der Waals surface area (Å²) in [5, 5.41) is 4.28. The second-order valence-corrected chi connectivity index (χ2v) is 4.80. The van der Waals surface area contributed by atoms with E-state index in [9.17, 15) is 0 Å². The number of aryl methyl sites for hydroxylation is 2. The van der Waals surface area contributed by atoms with Gasteiger partial charge in [-0.2, -0.15) is 5.10 Å². The first-order valence-electron chi connectivity index (χ1n) is 6.44. The second kappa shape index (κ2) is 5.36. The Morgan fingerprint density at radius 2 is 2.11 bits per heavy atom. The molecule has 18 heavy (non-hydrogen) atoms. The normalized spacial score (nSPS) is 12.7. The highest BCUT2D eigenvalue weighted by molar-refractivity contribution is 5.35. The first-order chi connectivity index (χ1) is 8.61. The van der Waals surface area contributed by atoms with Crippen LogP contribution in [0.25, 0.3) is 0 Å². The van der Waals surface area contributed by atoms with E-state index >= 15 is 0 Å². The number of nitrogens with two attached hydrogens (primary N) is 1. The summed E-state index contributed by atoms with van der Waals surface area (Å²) >= 11 is 0. The summed E-state index contributed by atoms with van der Waals surface area (Å²) in [6.45, 7) is 7.25. The Morgan fingerprint density at radius 1 is 1.33 bits per heavy atom. The van der Waals surface area contributed by atoms with Crippen LogP contribution in [0.3, 0.4) is 0 Å². The molecule has 1 aromatic carbocycles. The predicted octanol–water partition coefficient (Wildman–Crippen LogP) is 2.76. The van der Waals surface area contributed by atoms with E-state index in [1.807, 2.05) is 10.9 Å². The van der Waals surface area contributed by atoms with Crippen molar-refractivity contribution in [3.05, 3.63) is 52.8 Å². The van der Waals surface area contributed by atoms with Crippen LogP contribution in [0.5, 0.6) is 0 Å². The molecule has 1 heterocycles. The van der Waals surface area contributed by atoms with Gasteiger partial charge in [-0.05, 0) is 49.4 Å². The summed E-state index contributed by atoms with van der Waals surface area (Å²) in [5.74, 6) is 0. The number of rotatable bonds is 4. The van der Waals surface area contributed by atoms with Gasteiger partial charge < -0.3 is 5.73 Å². The molecule has 0 amide bonds. The highest BCUT2D eigenvalue weighted by Crippen LogP contribution is 2.21. The van der Waals surface area contributed by atoms with Gasteiger partial charge in [0.1, 0.15) is 0 Å². The number of hydrogen-bond acceptors (Lipinski definition) is 2. The molecule has 0 aliphatic carbocycles. The summed E-state index contributed by atoms with van der Waals surface area (Å²) in [7, 11) is 0. The molecule has 3 heteroatoms. The molecule has 0 saturated heterocycles. The van der Waals surface area contributed by atoms with Crippen molar-refractivity contribution in [3.63, 3.8) is 0 Å². The van der Waals surface area contributed by atoms with Crippen molar-refractivity contribution in [2.24, 2.45) is 5.73 Å². The molecule has 1 atom stereocenters. The van der Waals surface area contributed by atoms with Crippen molar-refractivity contribution in [3.8, 4) is 0 Å². The van der Waals surface area contributed by atoms with Gasteiger partial charge in [0, 0.05) is 18.8 Å². The summed E-state index contributed by atoms with van der Waals surface area (Å²) in [5.41, 5.74) is 11.3. The van der Waals surface area contributed by atoms with E-state index in [2.05, 4.69) is 50.3 Å². The molecule has 0 aliphatic rings. The largest absolute Gasteiger partial charge is 0.324 e. The molecule has 0 radical (unpaired) electrons. The zero-order valence-corrected chi connectivity index (χ0v) is 11.4. The maximum Gasteiger partial charge on any atom is 0.0522 e. The van der Waals surface area contributed by atoms with E-state index in [-0.39, 0.29) is 6.04 Å². The number of aromatic nitrogens is 2. The number of nitrogens with zero attached hydrogens (tertiary/aromatic N) is 2. The molecule has 2 aromatic rings. The standard InChI is InChI=1S/C15H21N3/c1-4-18-10-13(9-17-18)8-15(16)14-7-5-6-11(2)12(14)3/h5-7,9-10,15H,4,8,16H2,1-3H3. The molecular formula is C15H21N3. The summed E-state index contributed by atoms with van der Waals surface area (Å²) in [6, 6.07) is 6.37. The van der Waals surface area contributed by atoms with Gasteiger partial charge in [-0.25, -0.2) is 0 Å². The molecule has 1 aromatic heterocycles. The Balaban J connectivity index is 2.16. The van der Waals surface area contributed by atoms with Gasteiger partial charge >= 0.3 is 0 Å². The third-order valence-corrected chi connectivity index (χ3v) is 3.51. The van der Waals surface area contributed by atoms with E-state index in [1.165, 1.54) is 22.3 Å². The van der Waals surface area contributed by atoms with Crippen LogP contribution in [0.15, 0.2) is 30.6 Å². The van der Waals surface area contributed by atoms with Crippen LogP contribution in [-0.2, 0) is 13.0 Å². The van der Waals surface area contributed by atoms with Gasteiger partial charge in [0.25, 0.3) is 0 Å². The van der Waals surface area contributed by atoms with Crippen LogP contribution in [0.1, 0.15) is 35.2 Å². The predicted molar refractivity (Wildman–Crippen MR) is 74.4 cm³/mol. The zero-order chi connectivity index (χ0) is 13.1. The molecule has 2 N–H and O–H groups in total. The van der Waals surface area contributed by atoms with Crippen molar-refractivity contribution in [1.82, 2.24) is 9.78 Å². The summed E-state index contributed by atoms with van der Waals surface area (Å²) in [6.07, 6.45) is 4.82. The van der Waals surface area contributed by atoms with Crippen molar-refractivity contribution in [2.45, 2.75) is 39.8 Å². The van der Waals surface area contributed by atoms with E-state index in [1.54, 1.807) is 0 Å². The first kappa shape index (κ1) is 12.8. The minimum Gasteiger partial charge on any atom is -0.324 e. The third-order valence-electron chi connectivity index (χ3n) is 3.51. The summed E-state index contributed by atoms with van der Waals surface area (Å²) in [4.78, 5) is 0. The number of hydrogen-bond donors (Lipinski definition) is 1. The molecule has 96 valence electrons. The van der Waals surface area contributed by atoms with Crippen LogP contribution in [0, 0.1) is 13.8 Å². The van der Waals surface area contributed by atoms with E-state index < -0.39 is 0 Å². The Kier molecular flexibility index (Phi) is 3.82. The lowest BCUT2D eigenvalue weighted by Gasteiger charge is -2.15. The lowest BCUT2D eigenvalue weighted by Crippen LogP contribution is -2.14. The molecular weight excluding hydrogens is 222 g/mol. The topological polar surface area (TPSA) is 43.8 Å². The Bertz CT molecular complexity index is 528. The monoisotopic (exact) mass is 243 g/mol. The summed E-state index contributed by atoms with van der Waals surface area (Å²) < 4.78 is 1.94. The van der Waals surface area contributed by atoms with Crippen LogP contribution in [0.4, 0.5) is 0 Å². The average Bonchev–Trinajstić information content (AvgIpc) is 2.80. The van der Waals surface area contributed by atoms with Crippen LogP contribution in [-0.4, -0.2) is 9.78 Å². The maximum absolute atomic E-state index is 6.31. The Morgan fingerprint density at radius 3 is 2.78 bits per heavy atom. The van der Waals surface area contributed by atoms with Crippen molar-refractivity contribution < 1.29 is 0 Å². The fraction of sp³-hybridized carbons (Fsp3) is 0.400. The minimum absolute atomic E-state index is 0.0411. The minimum atomic E-state index is 0.0411. The molecule has 0 spiro atoms. The Hall–Kier alpha value is -1.61. The van der Waals surface area contributed by atoms with Crippen molar-refractivity contribution in [1.29, 1.82) is 0 Å². The van der Waals surface area contributed by atoms with Crippen LogP contribution in [0.2, 0.25) is 0 Å². The smallest absolute Gasteiger partial charge is 0.0522 e. The van der Waals surface area contributed by atoms with Gasteiger partial charge in [-0.3, -0.25) is 4.68 Å². The lowest BCUT2D eigenvalue weighted by molar-refractivity contribution is 0.657. The fourth-order valence-corrected chi connectivity index (χ4v) is 2.22. The van der Waals surface area contributed by atoms with Gasteiger partial charge in [0.05, 0.1) is 6.20 Å². The second-order valence-electron chi connectivity index (χ2n) is 4.80. The molecule has 3 nitrogen and oxygen atoms in total. The highest BCUT2D eigenvalue weighted by Gasteiger charge is 2.11. The van der Waals surface area contributed by atoms with E-state index in [0.29, 0.717) is 0 Å². The molecule has 2 rings (SSSR count). The number of benzene rings is 1. The van der Waals surface area contributed by atoms with Crippen LogP contribution < -0.4 is 5.73 Å². The Labute approximate surface area is 109 Å². The van der Waals surface area contributed by atoms with E-state index in [0.717, 1.165) is 13.0 Å². The molecule has 0 aliphatic heterocycles. The van der Waals surface area contributed by atoms with Gasteiger partial charge in [0.2, 0.25) is 0 Å². The first-order valence-corrected chi connectivity index (χ1v) is 6.44. The zero-order valence-electron chi connectivity index (χ0n) is 11.4. The van der Waals surface area contributed by atoms with Gasteiger partial charge in [0.15, 0.2) is 0 Å². The fourth-order valence-electron chi connectivity index (χ4n) is 2.22. The van der Waals surface area contributed by atoms with E-state index in [4.69, 9.17) is 5.73 Å². The van der Waals surface area contributed by atoms with Gasteiger partial charge in [-0.1, -0.05) is 18.2 Å². The molecule has 0 fully saturated rings.